The zero-order valence-corrected chi connectivity index (χ0v) is 13.6. The normalized spacial score (nSPS) is 26.1. The van der Waals surface area contributed by atoms with Crippen molar-refractivity contribution in [2.75, 3.05) is 27.2 Å². The number of likely N-dealkylation sites (N-methyl/N-ethyl adjacent to an activating group) is 1. The van der Waals surface area contributed by atoms with Gasteiger partial charge >= 0.3 is 0 Å². The Kier molecular flexibility index (Phi) is 7.96. The maximum atomic E-state index is 5.75. The summed E-state index contributed by atoms with van der Waals surface area (Å²) in [5.41, 5.74) is 0. The summed E-state index contributed by atoms with van der Waals surface area (Å²) in [6.45, 7) is 8.88. The second-order valence-electron chi connectivity index (χ2n) is 6.14. The van der Waals surface area contributed by atoms with Crippen LogP contribution < -0.4 is 5.32 Å². The molecule has 3 heteroatoms. The van der Waals surface area contributed by atoms with Crippen LogP contribution in [-0.4, -0.2) is 50.3 Å². The highest BCUT2D eigenvalue weighted by Crippen LogP contribution is 2.19. The van der Waals surface area contributed by atoms with Gasteiger partial charge in [-0.2, -0.15) is 0 Å². The van der Waals surface area contributed by atoms with E-state index < -0.39 is 0 Å². The van der Waals surface area contributed by atoms with Crippen molar-refractivity contribution in [2.24, 2.45) is 5.92 Å². The van der Waals surface area contributed by atoms with Crippen molar-refractivity contribution in [1.82, 2.24) is 10.2 Å². The molecule has 1 heterocycles. The highest BCUT2D eigenvalue weighted by Gasteiger charge is 2.24. The van der Waals surface area contributed by atoms with Crippen LogP contribution in [-0.2, 0) is 4.74 Å². The van der Waals surface area contributed by atoms with Gasteiger partial charge in [-0.15, -0.1) is 0 Å². The van der Waals surface area contributed by atoms with Crippen LogP contribution in [0.2, 0.25) is 0 Å². The molecule has 0 aromatic rings. The summed E-state index contributed by atoms with van der Waals surface area (Å²) >= 11 is 0. The van der Waals surface area contributed by atoms with E-state index in [1.807, 2.05) is 0 Å². The average Bonchev–Trinajstić information content (AvgIpc) is 2.43. The molecule has 1 saturated heterocycles. The number of nitrogens with one attached hydrogen (secondary N) is 1. The molecular weight excluding hydrogens is 236 g/mol. The molecule has 1 aliphatic heterocycles. The molecule has 0 spiro atoms. The molecule has 0 amide bonds. The Labute approximate surface area is 120 Å². The molecular formula is C16H34N2O. The standard InChI is InChI=1S/C16H34N2O/c1-6-13(7-2)16(18(4)5)12-17-14-9-10-19-15(8-3)11-14/h13-17H,6-12H2,1-5H3. The fourth-order valence-corrected chi connectivity index (χ4v) is 3.24. The fourth-order valence-electron chi connectivity index (χ4n) is 3.24. The molecule has 1 N–H and O–H groups in total. The highest BCUT2D eigenvalue weighted by atomic mass is 16.5. The van der Waals surface area contributed by atoms with Crippen LogP contribution in [0.5, 0.6) is 0 Å². The SMILES string of the molecule is CCC1CC(NCC(C(CC)CC)N(C)C)CCO1. The number of hydrogen-bond donors (Lipinski definition) is 1. The maximum absolute atomic E-state index is 5.75. The number of hydrogen-bond acceptors (Lipinski definition) is 3. The van der Waals surface area contributed by atoms with Crippen LogP contribution in [0.1, 0.15) is 52.9 Å². The van der Waals surface area contributed by atoms with Crippen LogP contribution in [0.25, 0.3) is 0 Å². The molecule has 0 radical (unpaired) electrons. The number of ether oxygens (including phenoxy) is 1. The molecule has 3 atom stereocenters. The first kappa shape index (κ1) is 16.9. The number of nitrogens with zero attached hydrogens (tertiary/aromatic N) is 1. The second-order valence-corrected chi connectivity index (χ2v) is 6.14. The first-order valence-corrected chi connectivity index (χ1v) is 8.13. The Morgan fingerprint density at radius 1 is 1.21 bits per heavy atom. The van der Waals surface area contributed by atoms with Gasteiger partial charge < -0.3 is 15.0 Å². The van der Waals surface area contributed by atoms with E-state index in [0.717, 1.165) is 25.5 Å². The Balaban J connectivity index is 2.42. The Morgan fingerprint density at radius 3 is 2.42 bits per heavy atom. The lowest BCUT2D eigenvalue weighted by Gasteiger charge is -2.35. The third kappa shape index (κ3) is 5.41. The van der Waals surface area contributed by atoms with Gasteiger partial charge in [-0.3, -0.25) is 0 Å². The molecule has 1 fully saturated rings. The zero-order chi connectivity index (χ0) is 14.3. The highest BCUT2D eigenvalue weighted by molar-refractivity contribution is 4.82. The maximum Gasteiger partial charge on any atom is 0.0587 e. The molecule has 0 aliphatic carbocycles. The Morgan fingerprint density at radius 2 is 1.89 bits per heavy atom. The minimum absolute atomic E-state index is 0.470. The number of rotatable bonds is 8. The largest absolute Gasteiger partial charge is 0.378 e. The summed E-state index contributed by atoms with van der Waals surface area (Å²) in [4.78, 5) is 2.39. The predicted molar refractivity (Wildman–Crippen MR) is 82.6 cm³/mol. The van der Waals surface area contributed by atoms with E-state index in [-0.39, 0.29) is 0 Å². The first-order chi connectivity index (χ1) is 9.12. The van der Waals surface area contributed by atoms with Crippen molar-refractivity contribution in [2.45, 2.75) is 71.1 Å². The molecule has 0 aromatic carbocycles. The van der Waals surface area contributed by atoms with Gasteiger partial charge in [-0.05, 0) is 39.3 Å². The van der Waals surface area contributed by atoms with Crippen molar-refractivity contribution < 1.29 is 4.74 Å². The lowest BCUT2D eigenvalue weighted by atomic mass is 9.92. The van der Waals surface area contributed by atoms with E-state index in [2.05, 4.69) is 45.1 Å². The zero-order valence-electron chi connectivity index (χ0n) is 13.6. The summed E-state index contributed by atoms with van der Waals surface area (Å²) in [6, 6.07) is 1.30. The summed E-state index contributed by atoms with van der Waals surface area (Å²) in [5, 5.41) is 3.79. The topological polar surface area (TPSA) is 24.5 Å². The van der Waals surface area contributed by atoms with Crippen molar-refractivity contribution in [3.05, 3.63) is 0 Å². The Bertz CT molecular complexity index is 229. The van der Waals surface area contributed by atoms with Crippen molar-refractivity contribution in [3.63, 3.8) is 0 Å². The van der Waals surface area contributed by atoms with Gasteiger partial charge in [0.1, 0.15) is 0 Å². The molecule has 0 saturated carbocycles. The fraction of sp³-hybridized carbons (Fsp3) is 1.00. The monoisotopic (exact) mass is 270 g/mol. The van der Waals surface area contributed by atoms with E-state index in [4.69, 9.17) is 4.74 Å². The van der Waals surface area contributed by atoms with Gasteiger partial charge in [-0.25, -0.2) is 0 Å². The first-order valence-electron chi connectivity index (χ1n) is 8.13. The molecule has 3 nitrogen and oxygen atoms in total. The third-order valence-corrected chi connectivity index (χ3v) is 4.69. The van der Waals surface area contributed by atoms with E-state index in [1.54, 1.807) is 0 Å². The molecule has 3 unspecified atom stereocenters. The van der Waals surface area contributed by atoms with E-state index in [0.29, 0.717) is 18.2 Å². The molecule has 0 aromatic heterocycles. The van der Waals surface area contributed by atoms with Crippen LogP contribution in [0.3, 0.4) is 0 Å². The van der Waals surface area contributed by atoms with Gasteiger partial charge in [-0.1, -0.05) is 33.6 Å². The molecule has 1 aliphatic rings. The molecule has 114 valence electrons. The molecule has 19 heavy (non-hydrogen) atoms. The van der Waals surface area contributed by atoms with Gasteiger partial charge in [0, 0.05) is 25.2 Å². The Hall–Kier alpha value is -0.120. The smallest absolute Gasteiger partial charge is 0.0587 e. The summed E-state index contributed by atoms with van der Waals surface area (Å²) in [6.07, 6.45) is 6.50. The third-order valence-electron chi connectivity index (χ3n) is 4.69. The van der Waals surface area contributed by atoms with Gasteiger partial charge in [0.25, 0.3) is 0 Å². The average molecular weight is 270 g/mol. The summed E-state index contributed by atoms with van der Waals surface area (Å²) < 4.78 is 5.75. The van der Waals surface area contributed by atoms with Crippen LogP contribution in [0, 0.1) is 5.92 Å². The minimum Gasteiger partial charge on any atom is -0.378 e. The van der Waals surface area contributed by atoms with Crippen LogP contribution in [0.15, 0.2) is 0 Å². The predicted octanol–water partition coefficient (Wildman–Crippen LogP) is 2.90. The lowest BCUT2D eigenvalue weighted by molar-refractivity contribution is -0.00147. The summed E-state index contributed by atoms with van der Waals surface area (Å²) in [5.74, 6) is 0.796. The summed E-state index contributed by atoms with van der Waals surface area (Å²) in [7, 11) is 4.42. The molecule has 1 rings (SSSR count). The van der Waals surface area contributed by atoms with E-state index in [1.165, 1.54) is 25.7 Å². The lowest BCUT2D eigenvalue weighted by Crippen LogP contribution is -2.48. The van der Waals surface area contributed by atoms with Gasteiger partial charge in [0.15, 0.2) is 0 Å². The van der Waals surface area contributed by atoms with E-state index >= 15 is 0 Å². The minimum atomic E-state index is 0.470. The second kappa shape index (κ2) is 8.93. The van der Waals surface area contributed by atoms with Gasteiger partial charge in [0.05, 0.1) is 6.10 Å². The quantitative estimate of drug-likeness (QED) is 0.734. The molecule has 0 bridgehead atoms. The van der Waals surface area contributed by atoms with Crippen molar-refractivity contribution in [3.8, 4) is 0 Å². The van der Waals surface area contributed by atoms with Crippen molar-refractivity contribution >= 4 is 0 Å². The van der Waals surface area contributed by atoms with E-state index in [9.17, 15) is 0 Å². The van der Waals surface area contributed by atoms with Gasteiger partial charge in [0.2, 0.25) is 0 Å². The van der Waals surface area contributed by atoms with Crippen LogP contribution in [0.4, 0.5) is 0 Å². The van der Waals surface area contributed by atoms with Crippen LogP contribution >= 0.6 is 0 Å². The van der Waals surface area contributed by atoms with Crippen molar-refractivity contribution in [1.29, 1.82) is 0 Å².